The molecule has 0 spiro atoms. The summed E-state index contributed by atoms with van der Waals surface area (Å²) < 4.78 is 24.8. The summed E-state index contributed by atoms with van der Waals surface area (Å²) in [6.45, 7) is 1.67. The molecule has 3 rings (SSSR count). The maximum Gasteiger partial charge on any atom is 0.412 e. The van der Waals surface area contributed by atoms with Gasteiger partial charge in [-0.05, 0) is 49.1 Å². The molecule has 5 nitrogen and oxygen atoms in total. The van der Waals surface area contributed by atoms with E-state index in [9.17, 15) is 14.0 Å². The molecule has 1 aliphatic carbocycles. The van der Waals surface area contributed by atoms with Crippen LogP contribution in [0.2, 0.25) is 0 Å². The average Bonchev–Trinajstić information content (AvgIpc) is 2.73. The highest BCUT2D eigenvalue weighted by Crippen LogP contribution is 2.29. The van der Waals surface area contributed by atoms with Crippen LogP contribution in [0.3, 0.4) is 0 Å². The summed E-state index contributed by atoms with van der Waals surface area (Å²) in [6.07, 6.45) is 4.89. The smallest absolute Gasteiger partial charge is 0.412 e. The minimum Gasteiger partial charge on any atom is -0.469 e. The van der Waals surface area contributed by atoms with Crippen LogP contribution >= 0.6 is 0 Å². The van der Waals surface area contributed by atoms with Crippen molar-refractivity contribution in [2.24, 2.45) is 0 Å². The van der Waals surface area contributed by atoms with E-state index in [1.54, 1.807) is 43.3 Å². The topological polar surface area (TPSA) is 64.6 Å². The van der Waals surface area contributed by atoms with Crippen molar-refractivity contribution >= 4 is 12.1 Å². The van der Waals surface area contributed by atoms with E-state index in [2.05, 4.69) is 5.32 Å². The van der Waals surface area contributed by atoms with Crippen molar-refractivity contribution in [3.63, 3.8) is 0 Å². The Kier molecular flexibility index (Phi) is 6.86. The molecule has 1 aliphatic rings. The number of ether oxygens (including phenoxy) is 2. The van der Waals surface area contributed by atoms with Gasteiger partial charge in [-0.1, -0.05) is 43.5 Å². The Balaban J connectivity index is 1.71. The zero-order valence-corrected chi connectivity index (χ0v) is 16.7. The first-order valence-electron chi connectivity index (χ1n) is 9.94. The Morgan fingerprint density at radius 1 is 1.10 bits per heavy atom. The standard InChI is InChI=1S/C23H26FNO4/c1-15(22(26)28-2)16-11-12-20(21(24)14-16)17-7-6-10-19(13-17)29-23(27)25-18-8-4-3-5-9-18/h6-7,10-15,18H,3-5,8-9H2,1-2H3,(H,25,27). The van der Waals surface area contributed by atoms with Crippen LogP contribution in [-0.2, 0) is 9.53 Å². The first kappa shape index (κ1) is 20.8. The summed E-state index contributed by atoms with van der Waals surface area (Å²) in [4.78, 5) is 23.8. The predicted octanol–water partition coefficient (Wildman–Crippen LogP) is 5.19. The van der Waals surface area contributed by atoms with Crippen LogP contribution < -0.4 is 10.1 Å². The van der Waals surface area contributed by atoms with Crippen LogP contribution in [0, 0.1) is 5.82 Å². The lowest BCUT2D eigenvalue weighted by Crippen LogP contribution is -2.37. The van der Waals surface area contributed by atoms with Gasteiger partial charge in [0.2, 0.25) is 0 Å². The van der Waals surface area contributed by atoms with Gasteiger partial charge in [-0.3, -0.25) is 4.79 Å². The van der Waals surface area contributed by atoms with Crippen LogP contribution in [0.1, 0.15) is 50.5 Å². The van der Waals surface area contributed by atoms with E-state index >= 15 is 0 Å². The van der Waals surface area contributed by atoms with Crippen LogP contribution in [0.15, 0.2) is 42.5 Å². The summed E-state index contributed by atoms with van der Waals surface area (Å²) in [5.41, 5.74) is 1.49. The molecule has 1 unspecified atom stereocenters. The quantitative estimate of drug-likeness (QED) is 0.703. The SMILES string of the molecule is COC(=O)C(C)c1ccc(-c2cccc(OC(=O)NC3CCCCC3)c2)c(F)c1. The van der Waals surface area contributed by atoms with Crippen molar-refractivity contribution in [3.8, 4) is 16.9 Å². The maximum absolute atomic E-state index is 14.7. The largest absolute Gasteiger partial charge is 0.469 e. The molecule has 1 fully saturated rings. The number of nitrogens with one attached hydrogen (secondary N) is 1. The first-order chi connectivity index (χ1) is 14.0. The minimum atomic E-state index is -0.554. The van der Waals surface area contributed by atoms with E-state index in [0.717, 1.165) is 25.7 Å². The summed E-state index contributed by atoms with van der Waals surface area (Å²) >= 11 is 0. The summed E-state index contributed by atoms with van der Waals surface area (Å²) in [5, 5.41) is 2.89. The maximum atomic E-state index is 14.7. The molecule has 2 aromatic carbocycles. The highest BCUT2D eigenvalue weighted by Gasteiger charge is 2.19. The van der Waals surface area contributed by atoms with Crippen molar-refractivity contribution in [1.29, 1.82) is 0 Å². The van der Waals surface area contributed by atoms with E-state index in [4.69, 9.17) is 9.47 Å². The Morgan fingerprint density at radius 3 is 2.55 bits per heavy atom. The van der Waals surface area contributed by atoms with Gasteiger partial charge in [0, 0.05) is 11.6 Å². The van der Waals surface area contributed by atoms with Crippen molar-refractivity contribution in [2.75, 3.05) is 7.11 Å². The fourth-order valence-electron chi connectivity index (χ4n) is 3.62. The Bertz CT molecular complexity index is 877. The van der Waals surface area contributed by atoms with Gasteiger partial charge in [0.1, 0.15) is 11.6 Å². The number of benzene rings is 2. The highest BCUT2D eigenvalue weighted by atomic mass is 19.1. The highest BCUT2D eigenvalue weighted by molar-refractivity contribution is 5.78. The number of hydrogen-bond acceptors (Lipinski definition) is 4. The molecule has 1 atom stereocenters. The number of hydrogen-bond donors (Lipinski definition) is 1. The van der Waals surface area contributed by atoms with Gasteiger partial charge in [-0.15, -0.1) is 0 Å². The van der Waals surface area contributed by atoms with Crippen molar-refractivity contribution < 1.29 is 23.5 Å². The molecular weight excluding hydrogens is 373 g/mol. The second kappa shape index (κ2) is 9.54. The number of halogens is 1. The van der Waals surface area contributed by atoms with Gasteiger partial charge < -0.3 is 14.8 Å². The van der Waals surface area contributed by atoms with Gasteiger partial charge in [-0.25, -0.2) is 9.18 Å². The number of amides is 1. The number of carbonyl (C=O) groups is 2. The molecule has 0 saturated heterocycles. The van der Waals surface area contributed by atoms with E-state index in [0.29, 0.717) is 22.4 Å². The normalized spacial score (nSPS) is 15.4. The molecule has 1 saturated carbocycles. The molecule has 6 heteroatoms. The van der Waals surface area contributed by atoms with Crippen molar-refractivity contribution in [1.82, 2.24) is 5.32 Å². The lowest BCUT2D eigenvalue weighted by molar-refractivity contribution is -0.141. The Morgan fingerprint density at radius 2 is 1.86 bits per heavy atom. The van der Waals surface area contributed by atoms with Gasteiger partial charge >= 0.3 is 12.1 Å². The molecule has 2 aromatic rings. The molecule has 0 aromatic heterocycles. The van der Waals surface area contributed by atoms with Gasteiger partial charge in [0.25, 0.3) is 0 Å². The summed E-state index contributed by atoms with van der Waals surface area (Å²) in [6, 6.07) is 11.5. The molecular formula is C23H26FNO4. The lowest BCUT2D eigenvalue weighted by atomic mass is 9.96. The number of rotatable bonds is 5. The van der Waals surface area contributed by atoms with Gasteiger partial charge in [0.05, 0.1) is 13.0 Å². The Labute approximate surface area is 170 Å². The summed E-state index contributed by atoms with van der Waals surface area (Å²) in [5.74, 6) is -1.08. The van der Waals surface area contributed by atoms with E-state index < -0.39 is 23.8 Å². The second-order valence-electron chi connectivity index (χ2n) is 7.38. The van der Waals surface area contributed by atoms with E-state index in [1.165, 1.54) is 19.6 Å². The second-order valence-corrected chi connectivity index (χ2v) is 7.38. The number of methoxy groups -OCH3 is 1. The molecule has 0 radical (unpaired) electrons. The fourth-order valence-corrected chi connectivity index (χ4v) is 3.62. The third kappa shape index (κ3) is 5.34. The van der Waals surface area contributed by atoms with Gasteiger partial charge in [-0.2, -0.15) is 0 Å². The van der Waals surface area contributed by atoms with Crippen molar-refractivity contribution in [2.45, 2.75) is 51.0 Å². The minimum absolute atomic E-state index is 0.154. The number of esters is 1. The molecule has 1 amide bonds. The fraction of sp³-hybridized carbons (Fsp3) is 0.391. The molecule has 0 aliphatic heterocycles. The first-order valence-corrected chi connectivity index (χ1v) is 9.94. The predicted molar refractivity (Wildman–Crippen MR) is 108 cm³/mol. The third-order valence-corrected chi connectivity index (χ3v) is 5.33. The van der Waals surface area contributed by atoms with Crippen LogP contribution in [0.4, 0.5) is 9.18 Å². The summed E-state index contributed by atoms with van der Waals surface area (Å²) in [7, 11) is 1.31. The number of carbonyl (C=O) groups excluding carboxylic acids is 2. The average molecular weight is 399 g/mol. The molecule has 154 valence electrons. The zero-order chi connectivity index (χ0) is 20.8. The lowest BCUT2D eigenvalue weighted by Gasteiger charge is -2.22. The van der Waals surface area contributed by atoms with Gasteiger partial charge in [0.15, 0.2) is 0 Å². The molecule has 0 heterocycles. The van der Waals surface area contributed by atoms with Crippen molar-refractivity contribution in [3.05, 3.63) is 53.8 Å². The monoisotopic (exact) mass is 399 g/mol. The molecule has 29 heavy (non-hydrogen) atoms. The third-order valence-electron chi connectivity index (χ3n) is 5.33. The van der Waals surface area contributed by atoms with Crippen LogP contribution in [0.25, 0.3) is 11.1 Å². The zero-order valence-electron chi connectivity index (χ0n) is 16.7. The van der Waals surface area contributed by atoms with E-state index in [1.807, 2.05) is 0 Å². The molecule has 1 N–H and O–H groups in total. The van der Waals surface area contributed by atoms with Crippen LogP contribution in [0.5, 0.6) is 5.75 Å². The molecule has 0 bridgehead atoms. The van der Waals surface area contributed by atoms with E-state index in [-0.39, 0.29) is 6.04 Å². The Hall–Kier alpha value is -2.89. The van der Waals surface area contributed by atoms with Crippen LogP contribution in [-0.4, -0.2) is 25.2 Å².